The summed E-state index contributed by atoms with van der Waals surface area (Å²) >= 11 is 0. The molecule has 1 aliphatic heterocycles. The molecule has 0 fully saturated rings. The van der Waals surface area contributed by atoms with Crippen molar-refractivity contribution in [1.82, 2.24) is 4.90 Å². The van der Waals surface area contributed by atoms with E-state index in [-0.39, 0.29) is 18.1 Å². The number of ether oxygens (including phenoxy) is 1. The van der Waals surface area contributed by atoms with Crippen LogP contribution in [0, 0.1) is 6.92 Å². The van der Waals surface area contributed by atoms with Crippen LogP contribution in [-0.4, -0.2) is 34.3 Å². The SMILES string of the molecule is Cc1ccc([C@H](CC(=O)c2ccccc2)[C@H]2C=CC(=O)N2C(=O)OC(C)(C)C)cc1. The van der Waals surface area contributed by atoms with Crippen LogP contribution in [0.4, 0.5) is 4.79 Å². The lowest BCUT2D eigenvalue weighted by Crippen LogP contribution is -2.45. The summed E-state index contributed by atoms with van der Waals surface area (Å²) in [5.74, 6) is -0.856. The zero-order valence-electron chi connectivity index (χ0n) is 17.8. The van der Waals surface area contributed by atoms with E-state index in [2.05, 4.69) is 0 Å². The number of ketones is 1. The van der Waals surface area contributed by atoms with Crippen LogP contribution in [0.2, 0.25) is 0 Å². The third-order valence-electron chi connectivity index (χ3n) is 4.98. The predicted molar refractivity (Wildman–Crippen MR) is 115 cm³/mol. The van der Waals surface area contributed by atoms with Gasteiger partial charge in [-0.2, -0.15) is 0 Å². The van der Waals surface area contributed by atoms with Gasteiger partial charge < -0.3 is 4.74 Å². The summed E-state index contributed by atoms with van der Waals surface area (Å²) in [6.07, 6.45) is 2.53. The first-order valence-corrected chi connectivity index (χ1v) is 10.0. The van der Waals surface area contributed by atoms with Gasteiger partial charge in [-0.3, -0.25) is 9.59 Å². The molecule has 0 bridgehead atoms. The highest BCUT2D eigenvalue weighted by Crippen LogP contribution is 2.33. The van der Waals surface area contributed by atoms with E-state index < -0.39 is 23.6 Å². The minimum absolute atomic E-state index is 0.0435. The predicted octanol–water partition coefficient (Wildman–Crippen LogP) is 5.05. The molecule has 0 saturated heterocycles. The molecule has 0 spiro atoms. The van der Waals surface area contributed by atoms with Gasteiger partial charge in [0.2, 0.25) is 0 Å². The Balaban J connectivity index is 1.95. The molecule has 3 rings (SSSR count). The minimum atomic E-state index is -0.732. The van der Waals surface area contributed by atoms with Gasteiger partial charge in [0.25, 0.3) is 5.91 Å². The van der Waals surface area contributed by atoms with E-state index in [0.29, 0.717) is 5.56 Å². The van der Waals surface area contributed by atoms with Crippen LogP contribution in [0.1, 0.15) is 54.6 Å². The molecule has 5 heteroatoms. The highest BCUT2D eigenvalue weighted by Gasteiger charge is 2.40. The van der Waals surface area contributed by atoms with Crippen LogP contribution in [-0.2, 0) is 9.53 Å². The molecule has 0 unspecified atom stereocenters. The molecule has 2 atom stereocenters. The molecular weight excluding hydrogens is 378 g/mol. The Bertz CT molecular complexity index is 955. The van der Waals surface area contributed by atoms with Crippen molar-refractivity contribution < 1.29 is 19.1 Å². The van der Waals surface area contributed by atoms with Gasteiger partial charge in [0, 0.05) is 24.0 Å². The first kappa shape index (κ1) is 21.5. The van der Waals surface area contributed by atoms with Gasteiger partial charge in [-0.15, -0.1) is 0 Å². The zero-order chi connectivity index (χ0) is 21.9. The van der Waals surface area contributed by atoms with Gasteiger partial charge in [0.15, 0.2) is 5.78 Å². The second-order valence-corrected chi connectivity index (χ2v) is 8.55. The lowest BCUT2D eigenvalue weighted by molar-refractivity contribution is -0.125. The van der Waals surface area contributed by atoms with Gasteiger partial charge >= 0.3 is 6.09 Å². The van der Waals surface area contributed by atoms with Crippen molar-refractivity contribution in [1.29, 1.82) is 0 Å². The van der Waals surface area contributed by atoms with E-state index >= 15 is 0 Å². The number of carbonyl (C=O) groups excluding carboxylic acids is 3. The summed E-state index contributed by atoms with van der Waals surface area (Å²) in [5, 5.41) is 0. The van der Waals surface area contributed by atoms with Crippen LogP contribution in [0.3, 0.4) is 0 Å². The monoisotopic (exact) mass is 405 g/mol. The number of nitrogens with zero attached hydrogens (tertiary/aromatic N) is 1. The number of Topliss-reactive ketones (excluding diaryl/α,β-unsaturated/α-hetero) is 1. The number of hydrogen-bond donors (Lipinski definition) is 0. The fourth-order valence-electron chi connectivity index (χ4n) is 3.52. The van der Waals surface area contributed by atoms with Gasteiger partial charge in [-0.05, 0) is 33.3 Å². The highest BCUT2D eigenvalue weighted by atomic mass is 16.6. The quantitative estimate of drug-likeness (QED) is 0.653. The van der Waals surface area contributed by atoms with Crippen molar-refractivity contribution in [2.45, 2.75) is 51.7 Å². The zero-order valence-corrected chi connectivity index (χ0v) is 17.8. The summed E-state index contributed by atoms with van der Waals surface area (Å²) in [4.78, 5) is 39.4. The van der Waals surface area contributed by atoms with Crippen molar-refractivity contribution in [2.75, 3.05) is 0 Å². The highest BCUT2D eigenvalue weighted by molar-refractivity contribution is 6.02. The summed E-state index contributed by atoms with van der Waals surface area (Å²) in [6.45, 7) is 7.25. The molecule has 0 N–H and O–H groups in total. The lowest BCUT2D eigenvalue weighted by Gasteiger charge is -2.32. The molecule has 156 valence electrons. The van der Waals surface area contributed by atoms with Crippen LogP contribution >= 0.6 is 0 Å². The number of aryl methyl sites for hydroxylation is 1. The van der Waals surface area contributed by atoms with Crippen molar-refractivity contribution in [3.8, 4) is 0 Å². The Morgan fingerprint density at radius 1 is 1.03 bits per heavy atom. The smallest absolute Gasteiger partial charge is 0.417 e. The van der Waals surface area contributed by atoms with E-state index in [1.165, 1.54) is 6.08 Å². The van der Waals surface area contributed by atoms with Crippen LogP contribution in [0.5, 0.6) is 0 Å². The Labute approximate surface area is 177 Å². The maximum Gasteiger partial charge on any atom is 0.417 e. The van der Waals surface area contributed by atoms with E-state index in [9.17, 15) is 14.4 Å². The molecule has 2 amide bonds. The molecule has 0 saturated carbocycles. The molecule has 1 aliphatic rings. The standard InChI is InChI=1S/C25H27NO4/c1-17-10-12-18(13-11-17)20(16-22(27)19-8-6-5-7-9-19)21-14-15-23(28)26(21)24(29)30-25(2,3)4/h5-15,20-21H,16H2,1-4H3/t20-,21+/m0/s1. The topological polar surface area (TPSA) is 63.7 Å². The molecule has 0 aliphatic carbocycles. The largest absolute Gasteiger partial charge is 0.443 e. The number of carbonyl (C=O) groups is 3. The van der Waals surface area contributed by atoms with E-state index in [0.717, 1.165) is 16.0 Å². The average Bonchev–Trinajstić information content (AvgIpc) is 3.07. The Morgan fingerprint density at radius 2 is 1.67 bits per heavy atom. The van der Waals surface area contributed by atoms with Crippen LogP contribution < -0.4 is 0 Å². The number of imide groups is 1. The van der Waals surface area contributed by atoms with Crippen LogP contribution in [0.25, 0.3) is 0 Å². The molecule has 0 aromatic heterocycles. The Kier molecular flexibility index (Phi) is 6.20. The summed E-state index contributed by atoms with van der Waals surface area (Å²) in [6, 6.07) is 16.3. The number of hydrogen-bond acceptors (Lipinski definition) is 4. The fraction of sp³-hybridized carbons (Fsp3) is 0.320. The summed E-state index contributed by atoms with van der Waals surface area (Å²) < 4.78 is 5.46. The third-order valence-corrected chi connectivity index (χ3v) is 4.98. The van der Waals surface area contributed by atoms with Crippen molar-refractivity contribution in [3.63, 3.8) is 0 Å². The number of rotatable bonds is 5. The minimum Gasteiger partial charge on any atom is -0.443 e. The third kappa shape index (κ3) is 5.03. The molecule has 30 heavy (non-hydrogen) atoms. The first-order chi connectivity index (χ1) is 14.2. The maximum atomic E-state index is 13.0. The molecular formula is C25H27NO4. The summed E-state index contributed by atoms with van der Waals surface area (Å²) in [5.41, 5.74) is 1.85. The second kappa shape index (κ2) is 8.66. The van der Waals surface area contributed by atoms with Gasteiger partial charge in [-0.25, -0.2) is 9.69 Å². The fourth-order valence-corrected chi connectivity index (χ4v) is 3.52. The lowest BCUT2D eigenvalue weighted by atomic mass is 9.85. The first-order valence-electron chi connectivity index (χ1n) is 10.0. The van der Waals surface area contributed by atoms with Crippen molar-refractivity contribution in [3.05, 3.63) is 83.4 Å². The van der Waals surface area contributed by atoms with Gasteiger partial charge in [-0.1, -0.05) is 66.2 Å². The molecule has 0 radical (unpaired) electrons. The second-order valence-electron chi connectivity index (χ2n) is 8.55. The number of benzene rings is 2. The Morgan fingerprint density at radius 3 is 2.27 bits per heavy atom. The Hall–Kier alpha value is -3.21. The molecule has 1 heterocycles. The van der Waals surface area contributed by atoms with Crippen molar-refractivity contribution in [2.24, 2.45) is 0 Å². The van der Waals surface area contributed by atoms with E-state index in [1.807, 2.05) is 49.4 Å². The van der Waals surface area contributed by atoms with Crippen molar-refractivity contribution >= 4 is 17.8 Å². The van der Waals surface area contributed by atoms with Gasteiger partial charge in [0.05, 0.1) is 6.04 Å². The van der Waals surface area contributed by atoms with E-state index in [4.69, 9.17) is 4.74 Å². The van der Waals surface area contributed by atoms with Gasteiger partial charge in [0.1, 0.15) is 5.60 Å². The molecule has 2 aromatic rings. The van der Waals surface area contributed by atoms with E-state index in [1.54, 1.807) is 39.0 Å². The normalized spacial score (nSPS) is 17.1. The molecule has 2 aromatic carbocycles. The maximum absolute atomic E-state index is 13.0. The molecule has 5 nitrogen and oxygen atoms in total. The number of amides is 2. The summed E-state index contributed by atoms with van der Waals surface area (Å²) in [7, 11) is 0. The van der Waals surface area contributed by atoms with Crippen LogP contribution in [0.15, 0.2) is 66.7 Å². The average molecular weight is 405 g/mol.